The number of carbonyl (C=O) groups excluding carboxylic acids is 1. The summed E-state index contributed by atoms with van der Waals surface area (Å²) in [6, 6.07) is -1.30. The van der Waals surface area contributed by atoms with Gasteiger partial charge in [-0.3, -0.25) is 4.79 Å². The van der Waals surface area contributed by atoms with Crippen molar-refractivity contribution in [2.75, 3.05) is 6.54 Å². The lowest BCUT2D eigenvalue weighted by atomic mass is 9.92. The first-order valence-corrected chi connectivity index (χ1v) is 7.50. The molecule has 0 aromatic carbocycles. The standard InChI is InChI=1S/C14H22N2O5/c17-12(18)7-6-10(13(19)20)15-14(21)16-8-2-4-9-3-1-5-11(9)16/h9-11H,1-8H2,(H,15,21)(H,17,18)(H,19,20). The van der Waals surface area contributed by atoms with Crippen LogP contribution in [-0.2, 0) is 9.59 Å². The number of aliphatic carboxylic acids is 2. The van der Waals surface area contributed by atoms with E-state index in [1.807, 2.05) is 0 Å². The molecule has 2 amide bonds. The van der Waals surface area contributed by atoms with Gasteiger partial charge in [0.25, 0.3) is 0 Å². The highest BCUT2D eigenvalue weighted by Gasteiger charge is 2.38. The molecule has 3 N–H and O–H groups in total. The third-order valence-corrected chi connectivity index (χ3v) is 4.50. The minimum atomic E-state index is -1.19. The van der Waals surface area contributed by atoms with Gasteiger partial charge in [-0.2, -0.15) is 0 Å². The monoisotopic (exact) mass is 298 g/mol. The van der Waals surface area contributed by atoms with E-state index >= 15 is 0 Å². The SMILES string of the molecule is O=C(O)CCC(NC(=O)N1CCCC2CCCC21)C(=O)O. The number of carbonyl (C=O) groups is 3. The summed E-state index contributed by atoms with van der Waals surface area (Å²) in [6.07, 6.45) is 4.93. The van der Waals surface area contributed by atoms with Crippen LogP contribution in [0.5, 0.6) is 0 Å². The van der Waals surface area contributed by atoms with Gasteiger partial charge < -0.3 is 20.4 Å². The molecule has 1 heterocycles. The number of carboxylic acids is 2. The van der Waals surface area contributed by atoms with Crippen molar-refractivity contribution in [1.29, 1.82) is 0 Å². The summed E-state index contributed by atoms with van der Waals surface area (Å²) in [5.74, 6) is -1.72. The second-order valence-electron chi connectivity index (χ2n) is 5.87. The predicted molar refractivity (Wildman–Crippen MR) is 73.9 cm³/mol. The van der Waals surface area contributed by atoms with Gasteiger partial charge in [0.05, 0.1) is 0 Å². The van der Waals surface area contributed by atoms with Crippen molar-refractivity contribution >= 4 is 18.0 Å². The molecule has 3 unspecified atom stereocenters. The maximum Gasteiger partial charge on any atom is 0.326 e. The molecule has 0 aromatic rings. The average molecular weight is 298 g/mol. The van der Waals surface area contributed by atoms with E-state index in [-0.39, 0.29) is 24.9 Å². The summed E-state index contributed by atoms with van der Waals surface area (Å²) in [5.41, 5.74) is 0. The van der Waals surface area contributed by atoms with E-state index in [2.05, 4.69) is 5.32 Å². The second-order valence-corrected chi connectivity index (χ2v) is 5.87. The highest BCUT2D eigenvalue weighted by molar-refractivity contribution is 5.83. The van der Waals surface area contributed by atoms with Crippen LogP contribution in [-0.4, -0.2) is 51.7 Å². The first kappa shape index (κ1) is 15.6. The van der Waals surface area contributed by atoms with E-state index in [1.54, 1.807) is 4.90 Å². The Morgan fingerprint density at radius 2 is 1.86 bits per heavy atom. The Morgan fingerprint density at radius 1 is 1.14 bits per heavy atom. The number of fused-ring (bicyclic) bond motifs is 1. The fourth-order valence-electron chi connectivity index (χ4n) is 3.46. The molecule has 1 aliphatic carbocycles. The predicted octanol–water partition coefficient (Wildman–Crippen LogP) is 1.28. The molecule has 7 nitrogen and oxygen atoms in total. The van der Waals surface area contributed by atoms with Crippen molar-refractivity contribution in [2.24, 2.45) is 5.92 Å². The van der Waals surface area contributed by atoms with E-state index in [9.17, 15) is 14.4 Å². The third kappa shape index (κ3) is 3.86. The first-order valence-electron chi connectivity index (χ1n) is 7.50. The van der Waals surface area contributed by atoms with Gasteiger partial charge in [-0.15, -0.1) is 0 Å². The van der Waals surface area contributed by atoms with Crippen LogP contribution in [0, 0.1) is 5.92 Å². The Morgan fingerprint density at radius 3 is 2.52 bits per heavy atom. The number of carboxylic acid groups (broad SMARTS) is 2. The summed E-state index contributed by atoms with van der Waals surface area (Å²) in [6.45, 7) is 0.651. The zero-order chi connectivity index (χ0) is 15.4. The third-order valence-electron chi connectivity index (χ3n) is 4.50. The summed E-state index contributed by atoms with van der Waals surface area (Å²) >= 11 is 0. The van der Waals surface area contributed by atoms with E-state index in [1.165, 1.54) is 0 Å². The van der Waals surface area contributed by atoms with Crippen molar-refractivity contribution in [2.45, 2.75) is 57.0 Å². The highest BCUT2D eigenvalue weighted by atomic mass is 16.4. The number of hydrogen-bond acceptors (Lipinski definition) is 3. The Kier molecular flexibility index (Phi) is 5.03. The van der Waals surface area contributed by atoms with Gasteiger partial charge in [0.2, 0.25) is 0 Å². The van der Waals surface area contributed by atoms with Crippen LogP contribution in [0.1, 0.15) is 44.9 Å². The lowest BCUT2D eigenvalue weighted by Gasteiger charge is -2.38. The van der Waals surface area contributed by atoms with Crippen LogP contribution in [0.25, 0.3) is 0 Å². The molecule has 1 saturated heterocycles. The summed E-state index contributed by atoms with van der Waals surface area (Å²) in [7, 11) is 0. The number of rotatable bonds is 5. The van der Waals surface area contributed by atoms with E-state index < -0.39 is 18.0 Å². The molecule has 1 saturated carbocycles. The zero-order valence-electron chi connectivity index (χ0n) is 12.0. The number of hydrogen-bond donors (Lipinski definition) is 3. The molecule has 2 fully saturated rings. The normalized spacial score (nSPS) is 26.0. The van der Waals surface area contributed by atoms with Crippen molar-refractivity contribution in [3.8, 4) is 0 Å². The van der Waals surface area contributed by atoms with Crippen molar-refractivity contribution in [1.82, 2.24) is 10.2 Å². The number of amides is 2. The van der Waals surface area contributed by atoms with Gasteiger partial charge in [-0.05, 0) is 38.0 Å². The molecule has 0 aromatic heterocycles. The van der Waals surface area contributed by atoms with Crippen molar-refractivity contribution in [3.05, 3.63) is 0 Å². The van der Waals surface area contributed by atoms with Crippen LogP contribution in [0.2, 0.25) is 0 Å². The fraction of sp³-hybridized carbons (Fsp3) is 0.786. The Balaban J connectivity index is 1.94. The maximum absolute atomic E-state index is 12.3. The molecule has 7 heteroatoms. The van der Waals surface area contributed by atoms with Crippen LogP contribution in [0.15, 0.2) is 0 Å². The second kappa shape index (κ2) is 6.78. The number of likely N-dealkylation sites (tertiary alicyclic amines) is 1. The lowest BCUT2D eigenvalue weighted by Crippen LogP contribution is -2.54. The molecular formula is C14H22N2O5. The summed E-state index contributed by atoms with van der Waals surface area (Å²) < 4.78 is 0. The van der Waals surface area contributed by atoms with Crippen LogP contribution in [0.3, 0.4) is 0 Å². The van der Waals surface area contributed by atoms with Gasteiger partial charge >= 0.3 is 18.0 Å². The molecule has 3 atom stereocenters. The number of nitrogens with one attached hydrogen (secondary N) is 1. The van der Waals surface area contributed by atoms with Crippen LogP contribution < -0.4 is 5.32 Å². The molecular weight excluding hydrogens is 276 g/mol. The van der Waals surface area contributed by atoms with Gasteiger partial charge in [-0.1, -0.05) is 6.42 Å². The van der Waals surface area contributed by atoms with Gasteiger partial charge in [0.1, 0.15) is 6.04 Å². The summed E-state index contributed by atoms with van der Waals surface area (Å²) in [4.78, 5) is 35.7. The quantitative estimate of drug-likeness (QED) is 0.708. The van der Waals surface area contributed by atoms with Crippen molar-refractivity contribution in [3.63, 3.8) is 0 Å². The largest absolute Gasteiger partial charge is 0.481 e. The molecule has 2 rings (SSSR count). The average Bonchev–Trinajstić information content (AvgIpc) is 2.90. The van der Waals surface area contributed by atoms with Crippen molar-refractivity contribution < 1.29 is 24.6 Å². The minimum Gasteiger partial charge on any atom is -0.481 e. The molecule has 118 valence electrons. The summed E-state index contributed by atoms with van der Waals surface area (Å²) in [5, 5.41) is 20.2. The molecule has 1 aliphatic heterocycles. The minimum absolute atomic E-state index is 0.0989. The Hall–Kier alpha value is -1.79. The van der Waals surface area contributed by atoms with Gasteiger partial charge in [0, 0.05) is 19.0 Å². The van der Waals surface area contributed by atoms with E-state index in [0.29, 0.717) is 12.5 Å². The van der Waals surface area contributed by atoms with Crippen LogP contribution in [0.4, 0.5) is 4.79 Å². The molecule has 0 bridgehead atoms. The smallest absolute Gasteiger partial charge is 0.326 e. The zero-order valence-corrected chi connectivity index (χ0v) is 12.0. The van der Waals surface area contributed by atoms with E-state index in [4.69, 9.17) is 10.2 Å². The van der Waals surface area contributed by atoms with Gasteiger partial charge in [-0.25, -0.2) is 9.59 Å². The molecule has 0 spiro atoms. The van der Waals surface area contributed by atoms with Gasteiger partial charge in [0.15, 0.2) is 0 Å². The lowest BCUT2D eigenvalue weighted by molar-refractivity contribution is -0.140. The molecule has 0 radical (unpaired) electrons. The van der Waals surface area contributed by atoms with Crippen LogP contribution >= 0.6 is 0 Å². The topological polar surface area (TPSA) is 107 Å². The fourth-order valence-corrected chi connectivity index (χ4v) is 3.46. The first-order chi connectivity index (χ1) is 9.99. The molecule has 21 heavy (non-hydrogen) atoms. The van der Waals surface area contributed by atoms with E-state index in [0.717, 1.165) is 32.1 Å². The number of nitrogens with zero attached hydrogens (tertiary/aromatic N) is 1. The number of urea groups is 1. The highest BCUT2D eigenvalue weighted by Crippen LogP contribution is 2.36. The Bertz CT molecular complexity index is 426. The molecule has 2 aliphatic rings. The number of piperidine rings is 1. The maximum atomic E-state index is 12.3. The Labute approximate surface area is 123 Å².